The van der Waals surface area contributed by atoms with Crippen molar-refractivity contribution in [3.8, 4) is 90.5 Å². The molecule has 0 unspecified atom stereocenters. The first-order valence-corrected chi connectivity index (χ1v) is 27.2. The normalized spacial score (nSPS) is 11.5. The molecule has 8 nitrogen and oxygen atoms in total. The SMILES string of the molecule is N#Cc1cc(C#N)cc(-c2c3nc(c(-c4ccccc4)c4[n-]c(c(N(c5ccccc5)c5cccc6c5oc5ccccc56)c5nc(c(-c6ccccc6)c6[n-]c2c2ccccc62)-c2ccccc2-5)c2ccccc42)-c2ccccc2-3)c1.[Pt+2]. The maximum absolute atomic E-state index is 10.6. The molecule has 10 aromatic carbocycles. The van der Waals surface area contributed by atoms with E-state index in [1.807, 2.05) is 54.6 Å². The predicted molar refractivity (Wildman–Crippen MR) is 331 cm³/mol. The van der Waals surface area contributed by atoms with Crippen LogP contribution in [0.3, 0.4) is 0 Å². The summed E-state index contributed by atoms with van der Waals surface area (Å²) < 4.78 is 6.99. The van der Waals surface area contributed by atoms with Crippen molar-refractivity contribution in [3.05, 3.63) is 260 Å². The van der Waals surface area contributed by atoms with Crippen LogP contribution in [0, 0.1) is 22.7 Å². The van der Waals surface area contributed by atoms with Crippen molar-refractivity contribution in [2.75, 3.05) is 4.90 Å². The first kappa shape index (κ1) is 49.2. The van der Waals surface area contributed by atoms with Gasteiger partial charge < -0.3 is 19.3 Å². The number of fused-ring (bicyclic) bond motifs is 3. The van der Waals surface area contributed by atoms with Crippen LogP contribution in [0.15, 0.2) is 253 Å². The Bertz CT molecular complexity index is 5190. The van der Waals surface area contributed by atoms with Gasteiger partial charge in [0.2, 0.25) is 0 Å². The molecule has 16 rings (SSSR count). The van der Waals surface area contributed by atoms with Crippen LogP contribution in [0.1, 0.15) is 11.1 Å². The summed E-state index contributed by atoms with van der Waals surface area (Å²) in [6.07, 6.45) is 0. The van der Waals surface area contributed by atoms with Crippen LogP contribution >= 0.6 is 0 Å². The summed E-state index contributed by atoms with van der Waals surface area (Å²) in [4.78, 5) is 26.2. The smallest absolute Gasteiger partial charge is 0.656 e. The largest absolute Gasteiger partial charge is 2.00 e. The van der Waals surface area contributed by atoms with E-state index < -0.39 is 0 Å². The molecule has 13 aromatic rings. The van der Waals surface area contributed by atoms with Crippen LogP contribution in [0.4, 0.5) is 17.1 Å². The van der Waals surface area contributed by atoms with Crippen molar-refractivity contribution >= 4 is 82.6 Å². The molecule has 3 aromatic heterocycles. The van der Waals surface area contributed by atoms with Gasteiger partial charge in [0.15, 0.2) is 5.58 Å². The zero-order valence-corrected chi connectivity index (χ0v) is 46.3. The fraction of sp³-hybridized carbons (Fsp3) is 0. The molecule has 8 bridgehead atoms. The topological polar surface area (TPSA) is 118 Å². The summed E-state index contributed by atoms with van der Waals surface area (Å²) in [5.74, 6) is 0. The molecule has 0 amide bonds. The maximum atomic E-state index is 10.6. The summed E-state index contributed by atoms with van der Waals surface area (Å²) in [5.41, 5.74) is 18.7. The van der Waals surface area contributed by atoms with E-state index in [4.69, 9.17) is 24.4 Å². The number of anilines is 3. The Morgan fingerprint density at radius 3 is 1.28 bits per heavy atom. The first-order valence-electron chi connectivity index (χ1n) is 27.2. The number of hydrogen-bond acceptors (Lipinski definition) is 6. The van der Waals surface area contributed by atoms with Gasteiger partial charge in [-0.2, -0.15) is 10.5 Å². The van der Waals surface area contributed by atoms with Gasteiger partial charge in [0, 0.05) is 38.7 Å². The molecule has 388 valence electrons. The van der Waals surface area contributed by atoms with Gasteiger partial charge in [-0.1, -0.05) is 206 Å². The van der Waals surface area contributed by atoms with Crippen molar-refractivity contribution in [2.45, 2.75) is 0 Å². The maximum Gasteiger partial charge on any atom is 2.00 e. The molecule has 3 aliphatic rings. The van der Waals surface area contributed by atoms with Gasteiger partial charge >= 0.3 is 21.1 Å². The van der Waals surface area contributed by atoms with Gasteiger partial charge in [0.1, 0.15) is 5.58 Å². The summed E-state index contributed by atoms with van der Waals surface area (Å²) in [6, 6.07) is 89.5. The van der Waals surface area contributed by atoms with Gasteiger partial charge in [-0.25, -0.2) is 9.97 Å². The molecule has 5 heterocycles. The molecule has 0 radical (unpaired) electrons. The zero-order chi connectivity index (χ0) is 54.4. The van der Waals surface area contributed by atoms with E-state index in [2.05, 4.69) is 205 Å². The quantitative estimate of drug-likeness (QED) is 0.162. The number of furan rings is 1. The predicted octanol–water partition coefficient (Wildman–Crippen LogP) is 18.7. The summed E-state index contributed by atoms with van der Waals surface area (Å²) in [5, 5.41) is 26.8. The van der Waals surface area contributed by atoms with E-state index in [0.29, 0.717) is 55.9 Å². The second-order valence-electron chi connectivity index (χ2n) is 20.6. The van der Waals surface area contributed by atoms with Gasteiger partial charge in [0.05, 0.1) is 57.4 Å². The summed E-state index contributed by atoms with van der Waals surface area (Å²) in [7, 11) is 0. The van der Waals surface area contributed by atoms with E-state index in [1.165, 1.54) is 0 Å². The van der Waals surface area contributed by atoms with E-state index >= 15 is 0 Å². The van der Waals surface area contributed by atoms with Crippen molar-refractivity contribution in [2.24, 2.45) is 0 Å². The molecule has 9 heteroatoms. The molecule has 0 N–H and O–H groups in total. The first-order chi connectivity index (χ1) is 40.6. The molecule has 0 spiro atoms. The van der Waals surface area contributed by atoms with Crippen LogP contribution in [0.5, 0.6) is 0 Å². The number of aromatic nitrogens is 4. The minimum atomic E-state index is 0. The average molecular weight is 1240 g/mol. The number of para-hydroxylation sites is 3. The number of nitriles is 2. The van der Waals surface area contributed by atoms with Gasteiger partial charge in [0.25, 0.3) is 0 Å². The molecule has 0 saturated heterocycles. The van der Waals surface area contributed by atoms with Crippen molar-refractivity contribution in [1.82, 2.24) is 19.9 Å². The monoisotopic (exact) mass is 1240 g/mol. The van der Waals surface area contributed by atoms with Crippen molar-refractivity contribution < 1.29 is 25.5 Å². The molecule has 0 saturated carbocycles. The Morgan fingerprint density at radius 1 is 0.361 bits per heavy atom. The van der Waals surface area contributed by atoms with E-state index in [-0.39, 0.29) is 21.1 Å². The molecule has 0 atom stereocenters. The van der Waals surface area contributed by atoms with E-state index in [0.717, 1.165) is 116 Å². The molecular weight excluding hydrogens is 1200 g/mol. The van der Waals surface area contributed by atoms with Crippen LogP contribution in [0.25, 0.3) is 144 Å². The second-order valence-corrected chi connectivity index (χ2v) is 20.6. The molecule has 0 fully saturated rings. The molecular formula is C74H41N7OPt. The third-order valence-corrected chi connectivity index (χ3v) is 16.0. The van der Waals surface area contributed by atoms with E-state index in [9.17, 15) is 10.5 Å². The summed E-state index contributed by atoms with van der Waals surface area (Å²) in [6.45, 7) is 0. The number of nitrogens with zero attached hydrogens (tertiary/aromatic N) is 7. The minimum Gasteiger partial charge on any atom is -0.656 e. The zero-order valence-electron chi connectivity index (χ0n) is 44.0. The van der Waals surface area contributed by atoms with Crippen molar-refractivity contribution in [3.63, 3.8) is 0 Å². The Hall–Kier alpha value is -10.9. The van der Waals surface area contributed by atoms with Crippen LogP contribution in [0.2, 0.25) is 0 Å². The average Bonchev–Trinajstić information content (AvgIpc) is 4.03. The molecule has 83 heavy (non-hydrogen) atoms. The van der Waals surface area contributed by atoms with Crippen LogP contribution in [-0.2, 0) is 21.1 Å². The third-order valence-electron chi connectivity index (χ3n) is 16.0. The fourth-order valence-corrected chi connectivity index (χ4v) is 12.5. The number of benzene rings is 10. The molecule has 2 aliphatic heterocycles. The number of hydrogen-bond donors (Lipinski definition) is 0. The standard InChI is InChI=1S/C74H41N7O.Pt/c75-42-44-39-45(43-76)41-48(40-44)64-69-53-30-12-10-28-51(53)65(77-69)62(46-21-4-1-5-22-46)67-55-32-14-16-34-57(55)71(79-67)73(81(49-25-8-3-9-26-49)60-37-20-36-59-50-27-18-19-38-61(50)82-74(59)60)72-58-35-17-15-33-56(58)68(80-72)63(47-23-6-2-7-24-47)66-52-29-11-13-31-54(52)70(64)78-66;/h1-41H;/q-2;+2. The summed E-state index contributed by atoms with van der Waals surface area (Å²) >= 11 is 0. The Labute approximate surface area is 490 Å². The number of rotatable bonds is 6. The van der Waals surface area contributed by atoms with Gasteiger partial charge in [-0.15, -0.1) is 22.1 Å². The van der Waals surface area contributed by atoms with Gasteiger partial charge in [-0.05, 0) is 97.4 Å². The Morgan fingerprint density at radius 2 is 0.759 bits per heavy atom. The minimum absolute atomic E-state index is 0. The second kappa shape index (κ2) is 19.7. The van der Waals surface area contributed by atoms with Crippen molar-refractivity contribution in [1.29, 1.82) is 10.5 Å². The Balaban J connectivity index is 0.00000588. The third kappa shape index (κ3) is 7.69. The fourth-order valence-electron chi connectivity index (χ4n) is 12.5. The molecule has 1 aliphatic carbocycles. The van der Waals surface area contributed by atoms with Gasteiger partial charge in [-0.3, -0.25) is 0 Å². The van der Waals surface area contributed by atoms with E-state index in [1.54, 1.807) is 6.07 Å². The van der Waals surface area contributed by atoms with Crippen LogP contribution in [-0.4, -0.2) is 9.97 Å². The van der Waals surface area contributed by atoms with Crippen LogP contribution < -0.4 is 14.9 Å². The Kier molecular flexibility index (Phi) is 11.7.